The third kappa shape index (κ3) is 4.23. The van der Waals surface area contributed by atoms with Crippen LogP contribution < -0.4 is 5.32 Å². The van der Waals surface area contributed by atoms with Crippen molar-refractivity contribution in [2.24, 2.45) is 0 Å². The average Bonchev–Trinajstić information content (AvgIpc) is 1.99. The number of carbonyl (C=O) groups is 1. The highest BCUT2D eigenvalue weighted by Gasteiger charge is 2.17. The summed E-state index contributed by atoms with van der Waals surface area (Å²) in [5.74, 6) is -1.02. The van der Waals surface area contributed by atoms with E-state index in [0.29, 0.717) is 0 Å². The molecule has 0 bridgehead atoms. The van der Waals surface area contributed by atoms with Crippen molar-refractivity contribution in [3.8, 4) is 0 Å². The van der Waals surface area contributed by atoms with Crippen LogP contribution in [-0.2, 0) is 4.79 Å². The zero-order chi connectivity index (χ0) is 8.85. The molecule has 3 N–H and O–H groups in total. The van der Waals surface area contributed by atoms with Crippen LogP contribution in [0.25, 0.3) is 0 Å². The largest absolute Gasteiger partial charge is 0.480 e. The topological polar surface area (TPSA) is 69.6 Å². The Labute approximate surface area is 70.0 Å². The van der Waals surface area contributed by atoms with Crippen LogP contribution in [-0.4, -0.2) is 40.5 Å². The van der Waals surface area contributed by atoms with Gasteiger partial charge in [-0.05, 0) is 13.2 Å². The molecule has 0 radical (unpaired) electrons. The van der Waals surface area contributed by atoms with Crippen molar-refractivity contribution < 1.29 is 15.0 Å². The van der Waals surface area contributed by atoms with E-state index in [0.717, 1.165) is 0 Å². The van der Waals surface area contributed by atoms with Gasteiger partial charge in [-0.3, -0.25) is 10.1 Å². The summed E-state index contributed by atoms with van der Waals surface area (Å²) in [5, 5.41) is 19.8. The van der Waals surface area contributed by atoms with Gasteiger partial charge in [0.25, 0.3) is 0 Å². The van der Waals surface area contributed by atoms with Crippen LogP contribution in [0.1, 0.15) is 6.92 Å². The molecule has 0 heterocycles. The first-order valence-electron chi connectivity index (χ1n) is 3.24. The summed E-state index contributed by atoms with van der Waals surface area (Å²) in [5.41, 5.74) is 0. The van der Waals surface area contributed by atoms with Crippen LogP contribution in [0, 0.1) is 0 Å². The van der Waals surface area contributed by atoms with Crippen molar-refractivity contribution in [1.82, 2.24) is 5.32 Å². The van der Waals surface area contributed by atoms with E-state index >= 15 is 0 Å². The molecule has 66 valence electrons. The third-order valence-electron chi connectivity index (χ3n) is 1.27. The van der Waals surface area contributed by atoms with Gasteiger partial charge in [0, 0.05) is 0 Å². The highest BCUT2D eigenvalue weighted by Crippen LogP contribution is 2.01. The van der Waals surface area contributed by atoms with Gasteiger partial charge < -0.3 is 10.2 Å². The standard InChI is InChI=1S/C6H13NO3S/c1-4(11-2)7-5(3-8)6(9)10/h4-5,7-8H,3H2,1-2H3,(H,9,10)/t4?,5-/m0/s1. The van der Waals surface area contributed by atoms with Crippen molar-refractivity contribution in [2.75, 3.05) is 12.9 Å². The van der Waals surface area contributed by atoms with Gasteiger partial charge in [0.05, 0.1) is 12.0 Å². The second kappa shape index (κ2) is 5.40. The quantitative estimate of drug-likeness (QED) is 0.507. The van der Waals surface area contributed by atoms with Gasteiger partial charge in [-0.25, -0.2) is 0 Å². The van der Waals surface area contributed by atoms with Gasteiger partial charge in [0.15, 0.2) is 0 Å². The Morgan fingerprint density at radius 2 is 2.27 bits per heavy atom. The number of aliphatic carboxylic acids is 1. The van der Waals surface area contributed by atoms with E-state index in [1.165, 1.54) is 11.8 Å². The molecule has 0 amide bonds. The molecule has 0 aromatic rings. The second-order valence-electron chi connectivity index (χ2n) is 2.12. The third-order valence-corrected chi connectivity index (χ3v) is 2.11. The van der Waals surface area contributed by atoms with E-state index in [2.05, 4.69) is 5.32 Å². The van der Waals surface area contributed by atoms with Gasteiger partial charge in [0.2, 0.25) is 0 Å². The molecule has 0 aliphatic carbocycles. The summed E-state index contributed by atoms with van der Waals surface area (Å²) in [7, 11) is 0. The Kier molecular flexibility index (Phi) is 5.27. The van der Waals surface area contributed by atoms with Crippen molar-refractivity contribution in [3.63, 3.8) is 0 Å². The molecule has 0 aliphatic heterocycles. The number of nitrogens with one attached hydrogen (secondary N) is 1. The molecule has 0 saturated carbocycles. The minimum atomic E-state index is -1.02. The van der Waals surface area contributed by atoms with Gasteiger partial charge >= 0.3 is 5.97 Å². The lowest BCUT2D eigenvalue weighted by atomic mass is 10.3. The average molecular weight is 179 g/mol. The lowest BCUT2D eigenvalue weighted by molar-refractivity contribution is -0.140. The maximum absolute atomic E-state index is 10.4. The fourth-order valence-electron chi connectivity index (χ4n) is 0.553. The molecule has 2 atom stereocenters. The number of carboxylic acids is 1. The van der Waals surface area contributed by atoms with E-state index in [9.17, 15) is 4.79 Å². The lowest BCUT2D eigenvalue weighted by Crippen LogP contribution is -2.43. The number of thioether (sulfide) groups is 1. The van der Waals surface area contributed by atoms with E-state index in [4.69, 9.17) is 10.2 Å². The monoisotopic (exact) mass is 179 g/mol. The molecule has 1 unspecified atom stereocenters. The number of carboxylic acid groups (broad SMARTS) is 1. The molecule has 0 rings (SSSR count). The molecule has 0 spiro atoms. The van der Waals surface area contributed by atoms with Crippen LogP contribution in [0.5, 0.6) is 0 Å². The van der Waals surface area contributed by atoms with Crippen LogP contribution in [0.3, 0.4) is 0 Å². The van der Waals surface area contributed by atoms with Crippen molar-refractivity contribution in [1.29, 1.82) is 0 Å². The Bertz CT molecular complexity index is 131. The van der Waals surface area contributed by atoms with Crippen LogP contribution in [0.2, 0.25) is 0 Å². The van der Waals surface area contributed by atoms with Gasteiger partial charge in [-0.15, -0.1) is 11.8 Å². The number of hydrogen-bond acceptors (Lipinski definition) is 4. The fraction of sp³-hybridized carbons (Fsp3) is 0.833. The first-order valence-corrected chi connectivity index (χ1v) is 4.53. The predicted molar refractivity (Wildman–Crippen MR) is 44.6 cm³/mol. The normalized spacial score (nSPS) is 15.9. The first-order chi connectivity index (χ1) is 5.11. The molecule has 4 nitrogen and oxygen atoms in total. The maximum Gasteiger partial charge on any atom is 0.323 e. The predicted octanol–water partition coefficient (Wildman–Crippen LogP) is -0.270. The van der Waals surface area contributed by atoms with Crippen LogP contribution in [0.4, 0.5) is 0 Å². The number of rotatable bonds is 5. The molecule has 5 heteroatoms. The number of aliphatic hydroxyl groups excluding tert-OH is 1. The highest BCUT2D eigenvalue weighted by molar-refractivity contribution is 7.99. The number of aliphatic hydroxyl groups is 1. The first kappa shape index (κ1) is 10.7. The molecule has 0 aliphatic rings. The molecule has 11 heavy (non-hydrogen) atoms. The SMILES string of the molecule is CSC(C)N[C@@H](CO)C(=O)O. The summed E-state index contributed by atoms with van der Waals surface area (Å²) in [4.78, 5) is 10.4. The summed E-state index contributed by atoms with van der Waals surface area (Å²) in [6.07, 6.45) is 1.87. The second-order valence-corrected chi connectivity index (χ2v) is 3.30. The Morgan fingerprint density at radius 1 is 1.73 bits per heavy atom. The zero-order valence-electron chi connectivity index (χ0n) is 6.57. The van der Waals surface area contributed by atoms with Crippen LogP contribution in [0.15, 0.2) is 0 Å². The van der Waals surface area contributed by atoms with Crippen molar-refractivity contribution >= 4 is 17.7 Å². The fourth-order valence-corrected chi connectivity index (χ4v) is 0.854. The Balaban J connectivity index is 3.77. The van der Waals surface area contributed by atoms with E-state index in [1.54, 1.807) is 0 Å². The van der Waals surface area contributed by atoms with Crippen LogP contribution >= 0.6 is 11.8 Å². The Hall–Kier alpha value is -0.260. The van der Waals surface area contributed by atoms with E-state index < -0.39 is 12.0 Å². The minimum absolute atomic E-state index is 0.0447. The minimum Gasteiger partial charge on any atom is -0.480 e. The summed E-state index contributed by atoms with van der Waals surface area (Å²) >= 11 is 1.50. The molecule has 0 aromatic heterocycles. The summed E-state index contributed by atoms with van der Waals surface area (Å²) in [6, 6.07) is -0.850. The lowest BCUT2D eigenvalue weighted by Gasteiger charge is -2.15. The molecule has 0 fully saturated rings. The molecule has 0 aromatic carbocycles. The zero-order valence-corrected chi connectivity index (χ0v) is 7.39. The highest BCUT2D eigenvalue weighted by atomic mass is 32.2. The molecule has 0 saturated heterocycles. The smallest absolute Gasteiger partial charge is 0.323 e. The van der Waals surface area contributed by atoms with Crippen molar-refractivity contribution in [2.45, 2.75) is 18.3 Å². The van der Waals surface area contributed by atoms with Gasteiger partial charge in [0.1, 0.15) is 6.04 Å². The van der Waals surface area contributed by atoms with Gasteiger partial charge in [-0.1, -0.05) is 0 Å². The maximum atomic E-state index is 10.4. The van der Waals surface area contributed by atoms with Gasteiger partial charge in [-0.2, -0.15) is 0 Å². The van der Waals surface area contributed by atoms with E-state index in [-0.39, 0.29) is 12.0 Å². The molecular formula is C6H13NO3S. The Morgan fingerprint density at radius 3 is 2.55 bits per heavy atom. The van der Waals surface area contributed by atoms with E-state index in [1.807, 2.05) is 13.2 Å². The number of hydrogen-bond donors (Lipinski definition) is 3. The summed E-state index contributed by atoms with van der Waals surface area (Å²) in [6.45, 7) is 1.47. The molecular weight excluding hydrogens is 166 g/mol. The summed E-state index contributed by atoms with van der Waals surface area (Å²) < 4.78 is 0. The van der Waals surface area contributed by atoms with Crippen molar-refractivity contribution in [3.05, 3.63) is 0 Å².